The number of aromatic nitrogens is 2. The fourth-order valence-electron chi connectivity index (χ4n) is 6.68. The van der Waals surface area contributed by atoms with Crippen LogP contribution in [-0.4, -0.2) is 56.5 Å². The first-order chi connectivity index (χ1) is 21.5. The number of amides is 4. The molecule has 214 valence electrons. The first-order valence-corrected chi connectivity index (χ1v) is 14.6. The molecule has 2 aliphatic rings. The zero-order valence-electron chi connectivity index (χ0n) is 23.6. The largest absolute Gasteiger partial charge is 0.353 e. The Labute approximate surface area is 251 Å². The Morgan fingerprint density at radius 3 is 1.11 bits per heavy atom. The van der Waals surface area contributed by atoms with Gasteiger partial charge < -0.3 is 9.97 Å². The van der Waals surface area contributed by atoms with Gasteiger partial charge in [-0.15, -0.1) is 0 Å². The first-order valence-electron chi connectivity index (χ1n) is 14.6. The van der Waals surface area contributed by atoms with Crippen molar-refractivity contribution in [3.8, 4) is 11.4 Å². The third-order valence-electron chi connectivity index (χ3n) is 8.80. The van der Waals surface area contributed by atoms with Crippen LogP contribution in [0, 0.1) is 0 Å². The van der Waals surface area contributed by atoms with E-state index in [2.05, 4.69) is 9.97 Å². The predicted molar refractivity (Wildman–Crippen MR) is 167 cm³/mol. The second kappa shape index (κ2) is 9.91. The van der Waals surface area contributed by atoms with E-state index in [4.69, 9.17) is 0 Å². The minimum Gasteiger partial charge on any atom is -0.353 e. The topological polar surface area (TPSA) is 106 Å². The zero-order valence-corrected chi connectivity index (χ0v) is 23.6. The zero-order chi connectivity index (χ0) is 29.9. The Kier molecular flexibility index (Phi) is 5.84. The lowest BCUT2D eigenvalue weighted by Gasteiger charge is -2.16. The predicted octanol–water partition coefficient (Wildman–Crippen LogP) is 5.99. The second-order valence-corrected chi connectivity index (χ2v) is 11.2. The van der Waals surface area contributed by atoms with Gasteiger partial charge in [-0.25, -0.2) is 0 Å². The summed E-state index contributed by atoms with van der Waals surface area (Å²) in [4.78, 5) is 62.4. The third kappa shape index (κ3) is 3.84. The lowest BCUT2D eigenvalue weighted by Crippen LogP contribution is -2.32. The molecule has 0 spiro atoms. The summed E-state index contributed by atoms with van der Waals surface area (Å²) in [6.07, 6.45) is 0.885. The van der Waals surface area contributed by atoms with Crippen LogP contribution in [0.15, 0.2) is 97.1 Å². The molecule has 8 nitrogen and oxygen atoms in total. The average Bonchev–Trinajstić information content (AvgIpc) is 3.75. The Hall–Kier alpha value is -5.76. The maximum atomic E-state index is 13.1. The summed E-state index contributed by atoms with van der Waals surface area (Å²) < 4.78 is 0. The van der Waals surface area contributed by atoms with E-state index in [9.17, 15) is 19.2 Å². The van der Waals surface area contributed by atoms with Crippen molar-refractivity contribution in [1.82, 2.24) is 19.8 Å². The van der Waals surface area contributed by atoms with E-state index in [1.807, 2.05) is 48.5 Å². The number of rotatable bonds is 7. The maximum absolute atomic E-state index is 13.1. The summed E-state index contributed by atoms with van der Waals surface area (Å²) in [7, 11) is 0. The van der Waals surface area contributed by atoms with Crippen molar-refractivity contribution in [1.29, 1.82) is 0 Å². The van der Waals surface area contributed by atoms with Gasteiger partial charge in [-0.3, -0.25) is 29.0 Å². The van der Waals surface area contributed by atoms with Crippen molar-refractivity contribution in [3.63, 3.8) is 0 Å². The lowest BCUT2D eigenvalue weighted by molar-refractivity contribution is 0.0640. The van der Waals surface area contributed by atoms with Gasteiger partial charge in [-0.2, -0.15) is 0 Å². The molecule has 8 heteroatoms. The van der Waals surface area contributed by atoms with Crippen LogP contribution in [0.3, 0.4) is 0 Å². The quantitative estimate of drug-likeness (QED) is 0.227. The molecule has 0 radical (unpaired) electrons. The summed E-state index contributed by atoms with van der Waals surface area (Å²) in [5.41, 5.74) is 7.27. The Bertz CT molecular complexity index is 1960. The second-order valence-electron chi connectivity index (χ2n) is 11.2. The van der Waals surface area contributed by atoms with Crippen LogP contribution in [0.4, 0.5) is 0 Å². The van der Waals surface area contributed by atoms with E-state index in [0.717, 1.165) is 44.3 Å². The minimum atomic E-state index is -0.278. The maximum Gasteiger partial charge on any atom is 0.261 e. The van der Waals surface area contributed by atoms with Crippen molar-refractivity contribution in [2.45, 2.75) is 12.8 Å². The highest BCUT2D eigenvalue weighted by molar-refractivity contribution is 6.22. The van der Waals surface area contributed by atoms with Gasteiger partial charge in [0.15, 0.2) is 0 Å². The fourth-order valence-corrected chi connectivity index (χ4v) is 6.68. The normalized spacial score (nSPS) is 14.4. The fraction of sp³-hybridized carbons (Fsp3) is 0.111. The molecule has 4 heterocycles. The van der Waals surface area contributed by atoms with Gasteiger partial charge in [0.1, 0.15) is 0 Å². The molecule has 0 fully saturated rings. The number of para-hydroxylation sites is 2. The van der Waals surface area contributed by atoms with Gasteiger partial charge in [0.2, 0.25) is 0 Å². The molecule has 4 amide bonds. The number of nitrogens with zero attached hydrogens (tertiary/aromatic N) is 2. The number of benzene rings is 4. The van der Waals surface area contributed by atoms with Crippen molar-refractivity contribution < 1.29 is 19.2 Å². The summed E-state index contributed by atoms with van der Waals surface area (Å²) in [5, 5.41) is 2.01. The standard InChI is InChI=1S/C36H26N4O4/c41-33-25-11-1-2-12-26(25)34(42)39(33)19-17-23-21-9-5-7-15-29(21)37-31(23)32-24(22-10-6-8-16-30(22)38-32)18-20-40-35(43)27-13-3-4-14-28(27)36(40)44/h1-16,37-38H,17-20H2. The smallest absolute Gasteiger partial charge is 0.261 e. The van der Waals surface area contributed by atoms with Crippen LogP contribution in [0.2, 0.25) is 0 Å². The van der Waals surface area contributed by atoms with Crippen molar-refractivity contribution in [3.05, 3.63) is 130 Å². The monoisotopic (exact) mass is 578 g/mol. The molecular weight excluding hydrogens is 552 g/mol. The molecule has 44 heavy (non-hydrogen) atoms. The number of carbonyl (C=O) groups excluding carboxylic acids is 4. The number of H-pyrrole nitrogens is 2. The number of aromatic amines is 2. The van der Waals surface area contributed by atoms with E-state index in [1.54, 1.807) is 48.5 Å². The molecule has 8 rings (SSSR count). The molecule has 0 saturated heterocycles. The third-order valence-corrected chi connectivity index (χ3v) is 8.80. The highest BCUT2D eigenvalue weighted by atomic mass is 16.2. The molecule has 0 aliphatic carbocycles. The molecule has 2 aliphatic heterocycles. The summed E-state index contributed by atoms with van der Waals surface area (Å²) in [6, 6.07) is 29.8. The summed E-state index contributed by atoms with van der Waals surface area (Å²) in [6.45, 7) is 0.456. The highest BCUT2D eigenvalue weighted by Crippen LogP contribution is 2.37. The van der Waals surface area contributed by atoms with Gasteiger partial charge in [-0.05, 0) is 60.4 Å². The number of hydrogen-bond acceptors (Lipinski definition) is 4. The number of imide groups is 2. The Balaban J connectivity index is 1.17. The SMILES string of the molecule is O=C1c2ccccc2C(=O)N1CCc1c(-c2[nH]c3ccccc3c2CCN2C(=O)c3ccccc3C2=O)[nH]c2ccccc12. The van der Waals surface area contributed by atoms with Crippen LogP contribution < -0.4 is 0 Å². The molecular formula is C36H26N4O4. The van der Waals surface area contributed by atoms with E-state index < -0.39 is 0 Å². The van der Waals surface area contributed by atoms with E-state index >= 15 is 0 Å². The van der Waals surface area contributed by atoms with Crippen molar-refractivity contribution in [2.24, 2.45) is 0 Å². The summed E-state index contributed by atoms with van der Waals surface area (Å²) in [5.74, 6) is -1.11. The number of fused-ring (bicyclic) bond motifs is 4. The number of nitrogens with one attached hydrogen (secondary N) is 2. The van der Waals surface area contributed by atoms with Gasteiger partial charge >= 0.3 is 0 Å². The molecule has 2 N–H and O–H groups in total. The van der Waals surface area contributed by atoms with Gasteiger partial charge in [0, 0.05) is 34.9 Å². The Morgan fingerprint density at radius 1 is 0.432 bits per heavy atom. The van der Waals surface area contributed by atoms with Crippen LogP contribution in [0.5, 0.6) is 0 Å². The molecule has 0 saturated carbocycles. The molecule has 0 atom stereocenters. The molecule has 4 aromatic carbocycles. The van der Waals surface area contributed by atoms with Gasteiger partial charge in [0.05, 0.1) is 33.6 Å². The number of hydrogen-bond donors (Lipinski definition) is 2. The van der Waals surface area contributed by atoms with Crippen LogP contribution in [0.25, 0.3) is 33.2 Å². The average molecular weight is 579 g/mol. The van der Waals surface area contributed by atoms with Gasteiger partial charge in [0.25, 0.3) is 23.6 Å². The molecule has 2 aromatic heterocycles. The van der Waals surface area contributed by atoms with Gasteiger partial charge in [-0.1, -0.05) is 60.7 Å². The lowest BCUT2D eigenvalue weighted by atomic mass is 10.0. The molecule has 0 unspecified atom stereocenters. The highest BCUT2D eigenvalue weighted by Gasteiger charge is 2.36. The first kappa shape index (κ1) is 25.9. The summed E-state index contributed by atoms with van der Waals surface area (Å²) >= 11 is 0. The minimum absolute atomic E-state index is 0.228. The Morgan fingerprint density at radius 2 is 0.750 bits per heavy atom. The number of carbonyl (C=O) groups is 4. The van der Waals surface area contributed by atoms with Crippen LogP contribution in [-0.2, 0) is 12.8 Å². The molecule has 6 aromatic rings. The van der Waals surface area contributed by atoms with E-state index in [1.165, 1.54) is 9.80 Å². The van der Waals surface area contributed by atoms with E-state index in [0.29, 0.717) is 35.1 Å². The van der Waals surface area contributed by atoms with E-state index in [-0.39, 0.29) is 36.7 Å². The van der Waals surface area contributed by atoms with Crippen LogP contribution in [0.1, 0.15) is 52.6 Å². The van der Waals surface area contributed by atoms with Crippen molar-refractivity contribution >= 4 is 45.4 Å². The van der Waals surface area contributed by atoms with Crippen LogP contribution >= 0.6 is 0 Å². The van der Waals surface area contributed by atoms with Crippen molar-refractivity contribution in [2.75, 3.05) is 13.1 Å². The molecule has 0 bridgehead atoms.